The van der Waals surface area contributed by atoms with Crippen LogP contribution in [0, 0.1) is 5.41 Å². The summed E-state index contributed by atoms with van der Waals surface area (Å²) >= 11 is 0. The lowest BCUT2D eigenvalue weighted by atomic mass is 9.61. The van der Waals surface area contributed by atoms with Crippen LogP contribution in [0.5, 0.6) is 0 Å². The predicted molar refractivity (Wildman–Crippen MR) is 69.1 cm³/mol. The summed E-state index contributed by atoms with van der Waals surface area (Å²) in [6.07, 6.45) is 1.27. The van der Waals surface area contributed by atoms with Crippen LogP contribution in [0.15, 0.2) is 24.3 Å². The minimum Gasteiger partial charge on any atom is -0.370 e. The normalized spacial score (nSPS) is 21.6. The Morgan fingerprint density at radius 2 is 1.89 bits per heavy atom. The topological polar surface area (TPSA) is 38.5 Å². The fourth-order valence-electron chi connectivity index (χ4n) is 3.19. The van der Waals surface area contributed by atoms with Crippen LogP contribution >= 0.6 is 0 Å². The van der Waals surface area contributed by atoms with Gasteiger partial charge in [0.05, 0.1) is 6.10 Å². The summed E-state index contributed by atoms with van der Waals surface area (Å²) in [6, 6.07) is 8.20. The fourth-order valence-corrected chi connectivity index (χ4v) is 3.19. The summed E-state index contributed by atoms with van der Waals surface area (Å²) in [5.41, 5.74) is 8.08. The number of nitrogens with two attached hydrogens (primary N) is 1. The predicted octanol–water partition coefficient (Wildman–Crippen LogP) is 2.35. The van der Waals surface area contributed by atoms with E-state index in [-0.39, 0.29) is 11.5 Å². The molecule has 1 aliphatic heterocycles. The Labute approximate surface area is 111 Å². The second-order valence-electron chi connectivity index (χ2n) is 5.65. The van der Waals surface area contributed by atoms with Gasteiger partial charge in [0.25, 0.3) is 0 Å². The van der Waals surface area contributed by atoms with Gasteiger partial charge in [0.1, 0.15) is 0 Å². The molecule has 0 aromatic heterocycles. The maximum atomic E-state index is 12.1. The Morgan fingerprint density at radius 1 is 1.26 bits per heavy atom. The zero-order valence-corrected chi connectivity index (χ0v) is 10.7. The molecule has 2 fully saturated rings. The van der Waals surface area contributed by atoms with Crippen molar-refractivity contribution in [3.05, 3.63) is 29.8 Å². The van der Waals surface area contributed by atoms with Crippen molar-refractivity contribution in [3.63, 3.8) is 0 Å². The summed E-state index contributed by atoms with van der Waals surface area (Å²) in [5, 5.41) is 0. The van der Waals surface area contributed by atoms with Crippen LogP contribution in [-0.4, -0.2) is 25.8 Å². The molecule has 1 saturated heterocycles. The summed E-state index contributed by atoms with van der Waals surface area (Å²) in [5.74, 6) is 0. The van der Waals surface area contributed by atoms with Crippen molar-refractivity contribution >= 4 is 5.69 Å². The third-order valence-electron chi connectivity index (χ3n) is 4.21. The Hall–Kier alpha value is -1.20. The first kappa shape index (κ1) is 12.8. The highest BCUT2D eigenvalue weighted by Crippen LogP contribution is 2.51. The van der Waals surface area contributed by atoms with Crippen LogP contribution in [0.1, 0.15) is 18.4 Å². The highest BCUT2D eigenvalue weighted by Gasteiger charge is 2.53. The molecule has 3 nitrogen and oxygen atoms in total. The maximum Gasteiger partial charge on any atom is 0.345 e. The molecule has 0 unspecified atom stereocenters. The van der Waals surface area contributed by atoms with Crippen molar-refractivity contribution in [2.75, 3.05) is 18.0 Å². The fraction of sp³-hybridized carbons (Fsp3) is 0.571. The van der Waals surface area contributed by atoms with E-state index in [1.165, 1.54) is 5.69 Å². The lowest BCUT2D eigenvalue weighted by Crippen LogP contribution is -2.64. The summed E-state index contributed by atoms with van der Waals surface area (Å²) < 4.78 is 28.6. The molecule has 1 saturated carbocycles. The Kier molecular flexibility index (Phi) is 3.19. The average Bonchev–Trinajstić information content (AvgIpc) is 2.30. The third kappa shape index (κ3) is 2.44. The lowest BCUT2D eigenvalue weighted by molar-refractivity contribution is -0.211. The Balaban J connectivity index is 1.50. The molecule has 1 aromatic carbocycles. The van der Waals surface area contributed by atoms with Gasteiger partial charge < -0.3 is 15.4 Å². The van der Waals surface area contributed by atoms with Crippen molar-refractivity contribution in [2.24, 2.45) is 11.1 Å². The molecule has 0 amide bonds. The Morgan fingerprint density at radius 3 is 2.42 bits per heavy atom. The van der Waals surface area contributed by atoms with Crippen LogP contribution in [-0.2, 0) is 11.3 Å². The number of anilines is 1. The molecule has 1 aliphatic carbocycles. The van der Waals surface area contributed by atoms with Gasteiger partial charge in [0.2, 0.25) is 0 Å². The van der Waals surface area contributed by atoms with Crippen LogP contribution in [0.25, 0.3) is 0 Å². The first-order valence-electron chi connectivity index (χ1n) is 6.58. The van der Waals surface area contributed by atoms with E-state index >= 15 is 0 Å². The first-order chi connectivity index (χ1) is 9.10. The van der Waals surface area contributed by atoms with Gasteiger partial charge in [-0.3, -0.25) is 0 Å². The molecule has 19 heavy (non-hydrogen) atoms. The molecule has 0 atom stereocenters. The first-order valence-corrected chi connectivity index (χ1v) is 6.58. The summed E-state index contributed by atoms with van der Waals surface area (Å²) in [6.45, 7) is -0.199. The van der Waals surface area contributed by atoms with Crippen LogP contribution in [0.2, 0.25) is 0 Å². The van der Waals surface area contributed by atoms with E-state index < -0.39 is 6.61 Å². The molecule has 0 bridgehead atoms. The number of halogens is 2. The van der Waals surface area contributed by atoms with Gasteiger partial charge in [-0.2, -0.15) is 8.78 Å². The van der Waals surface area contributed by atoms with Gasteiger partial charge in [0.15, 0.2) is 0 Å². The van der Waals surface area contributed by atoms with Crippen LogP contribution in [0.3, 0.4) is 0 Å². The van der Waals surface area contributed by atoms with Crippen molar-refractivity contribution in [2.45, 2.75) is 32.1 Å². The molecule has 104 valence electrons. The second-order valence-corrected chi connectivity index (χ2v) is 5.65. The van der Waals surface area contributed by atoms with Gasteiger partial charge >= 0.3 is 6.61 Å². The van der Waals surface area contributed by atoms with Gasteiger partial charge in [-0.25, -0.2) is 0 Å². The number of benzene rings is 1. The number of ether oxygens (including phenoxy) is 1. The Bertz CT molecular complexity index is 435. The van der Waals surface area contributed by atoms with Crippen molar-refractivity contribution in [1.29, 1.82) is 0 Å². The van der Waals surface area contributed by atoms with E-state index in [0.29, 0.717) is 6.54 Å². The van der Waals surface area contributed by atoms with E-state index in [2.05, 4.69) is 21.8 Å². The van der Waals surface area contributed by atoms with Gasteiger partial charge in [0, 0.05) is 30.7 Å². The monoisotopic (exact) mass is 268 g/mol. The minimum absolute atomic E-state index is 0.214. The minimum atomic E-state index is -2.64. The molecular weight excluding hydrogens is 250 g/mol. The number of nitrogens with zero attached hydrogens (tertiary/aromatic N) is 1. The largest absolute Gasteiger partial charge is 0.370 e. The highest BCUT2D eigenvalue weighted by molar-refractivity contribution is 5.51. The number of alkyl halides is 2. The zero-order chi connectivity index (χ0) is 13.5. The van der Waals surface area contributed by atoms with Crippen molar-refractivity contribution < 1.29 is 13.5 Å². The second kappa shape index (κ2) is 4.72. The number of hydrogen-bond acceptors (Lipinski definition) is 3. The molecular formula is C14H18F2N2O. The number of hydrogen-bond donors (Lipinski definition) is 1. The van der Waals surface area contributed by atoms with Crippen LogP contribution in [0.4, 0.5) is 14.5 Å². The van der Waals surface area contributed by atoms with E-state index in [4.69, 9.17) is 5.73 Å². The van der Waals surface area contributed by atoms with E-state index in [1.54, 1.807) is 0 Å². The highest BCUT2D eigenvalue weighted by atomic mass is 19.3. The maximum absolute atomic E-state index is 12.1. The van der Waals surface area contributed by atoms with E-state index in [9.17, 15) is 8.78 Å². The van der Waals surface area contributed by atoms with E-state index in [0.717, 1.165) is 31.5 Å². The molecule has 5 heteroatoms. The molecule has 2 N–H and O–H groups in total. The molecule has 3 rings (SSSR count). The number of rotatable bonds is 4. The zero-order valence-electron chi connectivity index (χ0n) is 10.7. The van der Waals surface area contributed by atoms with Crippen LogP contribution < -0.4 is 10.6 Å². The molecule has 1 aromatic rings. The lowest BCUT2D eigenvalue weighted by Gasteiger charge is -2.59. The summed E-state index contributed by atoms with van der Waals surface area (Å²) in [4.78, 5) is 2.28. The SMILES string of the molecule is NCc1ccc(N2CC3(CC(OC(F)F)C3)C2)cc1. The van der Waals surface area contributed by atoms with Gasteiger partial charge in [-0.05, 0) is 30.5 Å². The molecule has 1 heterocycles. The summed E-state index contributed by atoms with van der Waals surface area (Å²) in [7, 11) is 0. The molecule has 2 aliphatic rings. The third-order valence-corrected chi connectivity index (χ3v) is 4.21. The van der Waals surface area contributed by atoms with Gasteiger partial charge in [-0.15, -0.1) is 0 Å². The molecule has 1 spiro atoms. The smallest absolute Gasteiger partial charge is 0.345 e. The van der Waals surface area contributed by atoms with Gasteiger partial charge in [-0.1, -0.05) is 12.1 Å². The van der Waals surface area contributed by atoms with E-state index in [1.807, 2.05) is 12.1 Å². The average molecular weight is 268 g/mol. The molecule has 0 radical (unpaired) electrons. The standard InChI is InChI=1S/C14H18F2N2O/c15-13(16)19-12-5-14(6-12)8-18(9-14)11-3-1-10(7-17)2-4-11/h1-4,12-13H,5-9,17H2. The van der Waals surface area contributed by atoms with Crippen molar-refractivity contribution in [3.8, 4) is 0 Å². The van der Waals surface area contributed by atoms with Crippen molar-refractivity contribution in [1.82, 2.24) is 0 Å². The quantitative estimate of drug-likeness (QED) is 0.911.